The summed E-state index contributed by atoms with van der Waals surface area (Å²) in [6.45, 7) is 5.42. The van der Waals surface area contributed by atoms with Gasteiger partial charge in [-0.25, -0.2) is 13.6 Å². The Kier molecular flexibility index (Phi) is 16.4. The van der Waals surface area contributed by atoms with Crippen LogP contribution in [0.15, 0.2) is 94.8 Å². The molecular formula is C24H30Cl2N2O6S. The Morgan fingerprint density at radius 1 is 1.31 bits per heavy atom. The average Bonchev–Trinajstić information content (AvgIpc) is 3.05. The minimum absolute atomic E-state index is 0.0842. The topological polar surface area (TPSA) is 128 Å². The van der Waals surface area contributed by atoms with E-state index in [0.29, 0.717) is 16.5 Å². The molecule has 11 heteroatoms. The molecule has 0 bridgehead atoms. The van der Waals surface area contributed by atoms with Crippen molar-refractivity contribution in [2.75, 3.05) is 26.1 Å². The van der Waals surface area contributed by atoms with E-state index in [0.717, 1.165) is 19.3 Å². The van der Waals surface area contributed by atoms with Crippen LogP contribution >= 0.6 is 23.2 Å². The van der Waals surface area contributed by atoms with Gasteiger partial charge in [0.1, 0.15) is 18.1 Å². The molecule has 4 N–H and O–H groups in total. The van der Waals surface area contributed by atoms with Crippen molar-refractivity contribution in [3.8, 4) is 0 Å². The van der Waals surface area contributed by atoms with Crippen molar-refractivity contribution in [3.05, 3.63) is 95.0 Å². The zero-order valence-corrected chi connectivity index (χ0v) is 22.0. The molecule has 0 aliphatic heterocycles. The molecule has 1 aromatic rings. The molecule has 0 radical (unpaired) electrons. The number of sulfonamides is 1. The van der Waals surface area contributed by atoms with E-state index in [-0.39, 0.29) is 16.5 Å². The first kappa shape index (κ1) is 32.3. The number of aliphatic hydroxyl groups is 1. The van der Waals surface area contributed by atoms with Gasteiger partial charge in [0.15, 0.2) is 0 Å². The predicted octanol–water partition coefficient (Wildman–Crippen LogP) is 4.80. The highest BCUT2D eigenvalue weighted by atomic mass is 35.5. The molecule has 0 heterocycles. The van der Waals surface area contributed by atoms with Crippen LogP contribution in [0.1, 0.15) is 13.3 Å². The lowest BCUT2D eigenvalue weighted by atomic mass is 10.3. The molecule has 1 aromatic carbocycles. The quantitative estimate of drug-likeness (QED) is 0.318. The molecule has 0 atom stereocenters. The summed E-state index contributed by atoms with van der Waals surface area (Å²) in [5, 5.41) is 14.9. The number of aliphatic hydroxyl groups excluding tert-OH is 1. The number of amides is 1. The monoisotopic (exact) mass is 544 g/mol. The Morgan fingerprint density at radius 3 is 2.54 bits per heavy atom. The van der Waals surface area contributed by atoms with Crippen molar-refractivity contribution in [1.82, 2.24) is 0 Å². The smallest absolute Gasteiger partial charge is 0.250 e. The molecule has 0 saturated heterocycles. The predicted molar refractivity (Wildman–Crippen MR) is 141 cm³/mol. The summed E-state index contributed by atoms with van der Waals surface area (Å²) in [4.78, 5) is 11.1. The van der Waals surface area contributed by atoms with Crippen LogP contribution in [-0.2, 0) is 24.3 Å². The first-order chi connectivity index (χ1) is 16.6. The van der Waals surface area contributed by atoms with Gasteiger partial charge in [-0.3, -0.25) is 4.79 Å². The molecule has 0 saturated carbocycles. The number of hydrogen-bond acceptors (Lipinski definition) is 6. The van der Waals surface area contributed by atoms with Crippen LogP contribution < -0.4 is 10.5 Å². The number of primary sulfonamides is 1. The highest BCUT2D eigenvalue weighted by molar-refractivity contribution is 7.89. The summed E-state index contributed by atoms with van der Waals surface area (Å²) >= 11 is 11.5. The number of halogens is 2. The SMILES string of the molecule is C=C(Cl)/C=C(\C=C/C)OC1=CC=CCC=C1.CO.COCC(=O)Nc1ccc(S(N)(=O)=O)cc1Cl. The molecule has 0 spiro atoms. The number of anilines is 1. The number of rotatable bonds is 8. The number of nitrogens with two attached hydrogens (primary N) is 1. The van der Waals surface area contributed by atoms with Gasteiger partial charge in [0.05, 0.1) is 15.6 Å². The van der Waals surface area contributed by atoms with Gasteiger partial charge in [-0.1, -0.05) is 54.1 Å². The van der Waals surface area contributed by atoms with E-state index < -0.39 is 15.9 Å². The van der Waals surface area contributed by atoms with Crippen molar-refractivity contribution < 1.29 is 27.8 Å². The van der Waals surface area contributed by atoms with E-state index >= 15 is 0 Å². The summed E-state index contributed by atoms with van der Waals surface area (Å²) in [7, 11) is -1.42. The van der Waals surface area contributed by atoms with Crippen molar-refractivity contribution in [2.45, 2.75) is 18.2 Å². The highest BCUT2D eigenvalue weighted by Gasteiger charge is 2.12. The zero-order chi connectivity index (χ0) is 26.9. The van der Waals surface area contributed by atoms with Gasteiger partial charge in [-0.2, -0.15) is 0 Å². The largest absolute Gasteiger partial charge is 0.457 e. The lowest BCUT2D eigenvalue weighted by Crippen LogP contribution is -2.18. The molecule has 192 valence electrons. The van der Waals surface area contributed by atoms with Crippen molar-refractivity contribution in [1.29, 1.82) is 0 Å². The lowest BCUT2D eigenvalue weighted by Gasteiger charge is -2.07. The van der Waals surface area contributed by atoms with Gasteiger partial charge in [-0.15, -0.1) is 0 Å². The van der Waals surface area contributed by atoms with Crippen molar-refractivity contribution >= 4 is 44.8 Å². The Hall–Kier alpha value is -2.66. The molecule has 1 aliphatic carbocycles. The molecule has 35 heavy (non-hydrogen) atoms. The van der Waals surface area contributed by atoms with Crippen LogP contribution in [0.3, 0.4) is 0 Å². The van der Waals surface area contributed by atoms with Crippen LogP contribution in [0.4, 0.5) is 5.69 Å². The second-order valence-corrected chi connectivity index (χ2v) is 8.85. The fraction of sp³-hybridized carbons (Fsp3) is 0.208. The van der Waals surface area contributed by atoms with Crippen LogP contribution in [-0.4, -0.2) is 40.3 Å². The molecule has 8 nitrogen and oxygen atoms in total. The first-order valence-electron chi connectivity index (χ1n) is 10.0. The Balaban J connectivity index is 0.000000618. The number of nitrogens with one attached hydrogen (secondary N) is 1. The van der Waals surface area contributed by atoms with Crippen LogP contribution in [0, 0.1) is 0 Å². The third-order valence-corrected chi connectivity index (χ3v) is 4.97. The van der Waals surface area contributed by atoms with Crippen molar-refractivity contribution in [2.24, 2.45) is 5.14 Å². The van der Waals surface area contributed by atoms with Crippen LogP contribution in [0.5, 0.6) is 0 Å². The Bertz CT molecular complexity index is 1110. The second kappa shape index (κ2) is 17.7. The van der Waals surface area contributed by atoms with E-state index in [9.17, 15) is 13.2 Å². The Morgan fingerprint density at radius 2 is 2.00 bits per heavy atom. The first-order valence-corrected chi connectivity index (χ1v) is 12.3. The Labute approximate surface area is 216 Å². The normalized spacial score (nSPS) is 13.0. The van der Waals surface area contributed by atoms with Crippen LogP contribution in [0.25, 0.3) is 0 Å². The number of carbonyl (C=O) groups is 1. The van der Waals surface area contributed by atoms with Gasteiger partial charge in [0, 0.05) is 19.3 Å². The number of methoxy groups -OCH3 is 1. The van der Waals surface area contributed by atoms with Gasteiger partial charge in [0.25, 0.3) is 0 Å². The molecular weight excluding hydrogens is 515 g/mol. The molecule has 0 fully saturated rings. The zero-order valence-electron chi connectivity index (χ0n) is 19.7. The fourth-order valence-electron chi connectivity index (χ4n) is 2.29. The maximum absolute atomic E-state index is 11.2. The average molecular weight is 545 g/mol. The molecule has 0 unspecified atom stereocenters. The van der Waals surface area contributed by atoms with Gasteiger partial charge < -0.3 is 19.9 Å². The number of allylic oxidation sites excluding steroid dienone is 9. The molecule has 2 rings (SSSR count). The van der Waals surface area contributed by atoms with E-state index in [1.54, 1.807) is 6.08 Å². The maximum Gasteiger partial charge on any atom is 0.250 e. The summed E-state index contributed by atoms with van der Waals surface area (Å²) in [6, 6.07) is 3.78. The molecule has 0 aromatic heterocycles. The second-order valence-electron chi connectivity index (χ2n) is 6.40. The third kappa shape index (κ3) is 14.4. The van der Waals surface area contributed by atoms with Gasteiger partial charge in [0.2, 0.25) is 15.9 Å². The van der Waals surface area contributed by atoms with Crippen molar-refractivity contribution in [3.63, 3.8) is 0 Å². The highest BCUT2D eigenvalue weighted by Crippen LogP contribution is 2.24. The summed E-state index contributed by atoms with van der Waals surface area (Å²) in [5.74, 6) is 1.07. The maximum atomic E-state index is 11.2. The number of ether oxygens (including phenoxy) is 2. The van der Waals surface area contributed by atoms with E-state index in [4.69, 9.17) is 38.2 Å². The molecule has 1 amide bonds. The summed E-state index contributed by atoms with van der Waals surface area (Å²) in [5.41, 5.74) is 0.293. The number of hydrogen-bond donors (Lipinski definition) is 3. The van der Waals surface area contributed by atoms with E-state index in [1.807, 2.05) is 43.4 Å². The standard InChI is InChI=1S/C14H15ClO.C9H11ClN2O4S.CH4O/c1-3-8-14(11-12(2)15)16-13-9-6-4-5-7-10-13;1-16-5-9(13)12-8-3-2-6(4-7(8)10)17(11,14)15;1-2/h3-4,6-11H,2,5H2,1H3;2-4H,5H2,1H3,(H,12,13)(H2,11,14,15);2H,1H3/b8-3-,14-11+;;. The minimum atomic E-state index is -3.80. The molecule has 1 aliphatic rings. The number of carbonyl (C=O) groups excluding carboxylic acids is 1. The minimum Gasteiger partial charge on any atom is -0.457 e. The van der Waals surface area contributed by atoms with Gasteiger partial charge >= 0.3 is 0 Å². The fourth-order valence-corrected chi connectivity index (χ4v) is 3.23. The summed E-state index contributed by atoms with van der Waals surface area (Å²) in [6.07, 6.45) is 16.3. The summed E-state index contributed by atoms with van der Waals surface area (Å²) < 4.78 is 32.4. The van der Waals surface area contributed by atoms with Crippen LogP contribution in [0.2, 0.25) is 5.02 Å². The number of benzene rings is 1. The van der Waals surface area contributed by atoms with E-state index in [2.05, 4.69) is 22.7 Å². The third-order valence-electron chi connectivity index (χ3n) is 3.63. The van der Waals surface area contributed by atoms with E-state index in [1.165, 1.54) is 25.3 Å². The lowest BCUT2D eigenvalue weighted by molar-refractivity contribution is -0.119. The van der Waals surface area contributed by atoms with Gasteiger partial charge in [-0.05, 0) is 55.8 Å².